The molecule has 4 aliphatic carbocycles. The highest BCUT2D eigenvalue weighted by Gasteiger charge is 2.67. The molecule has 2 saturated carbocycles. The van der Waals surface area contributed by atoms with Crippen molar-refractivity contribution in [2.75, 3.05) is 0 Å². The van der Waals surface area contributed by atoms with Crippen LogP contribution in [0.3, 0.4) is 0 Å². The van der Waals surface area contributed by atoms with E-state index >= 15 is 0 Å². The predicted octanol–water partition coefficient (Wildman–Crippen LogP) is 5.67. The summed E-state index contributed by atoms with van der Waals surface area (Å²) in [6, 6.07) is 2.10. The van der Waals surface area contributed by atoms with Crippen LogP contribution in [0.5, 0.6) is 0 Å². The molecule has 4 aliphatic rings. The summed E-state index contributed by atoms with van der Waals surface area (Å²) in [5.74, 6) is 1.15. The van der Waals surface area contributed by atoms with Gasteiger partial charge in [0.1, 0.15) is 0 Å². The number of carbonyl (C=O) groups is 1. The number of furan rings is 1. The van der Waals surface area contributed by atoms with Crippen molar-refractivity contribution in [1.29, 1.82) is 0 Å². The highest BCUT2D eigenvalue weighted by Crippen LogP contribution is 2.72. The van der Waals surface area contributed by atoms with Gasteiger partial charge in [-0.25, -0.2) is 0 Å². The first-order valence-corrected chi connectivity index (χ1v) is 11.2. The number of aliphatic hydroxyl groups is 1. The van der Waals surface area contributed by atoms with Crippen LogP contribution in [0.25, 0.3) is 0 Å². The summed E-state index contributed by atoms with van der Waals surface area (Å²) in [4.78, 5) is 12.7. The Labute approximate surface area is 174 Å². The lowest BCUT2D eigenvalue weighted by Crippen LogP contribution is -2.63. The largest absolute Gasteiger partial charge is 0.472 e. The van der Waals surface area contributed by atoms with Crippen molar-refractivity contribution in [3.05, 3.63) is 48.0 Å². The molecule has 1 aromatic rings. The van der Waals surface area contributed by atoms with Gasteiger partial charge in [0.25, 0.3) is 0 Å². The van der Waals surface area contributed by atoms with Crippen molar-refractivity contribution >= 4 is 5.78 Å². The van der Waals surface area contributed by atoms with E-state index < -0.39 is 11.5 Å². The highest BCUT2D eigenvalue weighted by molar-refractivity contribution is 5.95. The van der Waals surface area contributed by atoms with Gasteiger partial charge in [0.05, 0.1) is 18.6 Å². The number of rotatable bonds is 1. The van der Waals surface area contributed by atoms with E-state index in [2.05, 4.69) is 52.8 Å². The highest BCUT2D eigenvalue weighted by atomic mass is 16.3. The zero-order valence-corrected chi connectivity index (χ0v) is 18.4. The fourth-order valence-electron chi connectivity index (χ4n) is 8.25. The number of aliphatic hydroxyl groups excluding tert-OH is 1. The monoisotopic (exact) mass is 394 g/mol. The van der Waals surface area contributed by atoms with Crippen molar-refractivity contribution in [2.45, 2.75) is 72.3 Å². The molecule has 1 N–H and O–H groups in total. The van der Waals surface area contributed by atoms with Crippen molar-refractivity contribution in [3.63, 3.8) is 0 Å². The summed E-state index contributed by atoms with van der Waals surface area (Å²) < 4.78 is 5.41. The molecule has 0 saturated heterocycles. The van der Waals surface area contributed by atoms with Gasteiger partial charge in [0.15, 0.2) is 5.78 Å². The smallest absolute Gasteiger partial charge is 0.161 e. The number of hydrogen-bond acceptors (Lipinski definition) is 3. The lowest BCUT2D eigenvalue weighted by atomic mass is 9.38. The second-order valence-electron chi connectivity index (χ2n) is 11.3. The van der Waals surface area contributed by atoms with Crippen molar-refractivity contribution in [3.8, 4) is 0 Å². The zero-order valence-electron chi connectivity index (χ0n) is 18.4. The summed E-state index contributed by atoms with van der Waals surface area (Å²) in [6.07, 6.45) is 13.6. The molecule has 0 bridgehead atoms. The van der Waals surface area contributed by atoms with Crippen LogP contribution in [-0.2, 0) is 4.79 Å². The van der Waals surface area contributed by atoms with Gasteiger partial charge in [-0.1, -0.05) is 52.3 Å². The van der Waals surface area contributed by atoms with Gasteiger partial charge in [0.2, 0.25) is 0 Å². The Morgan fingerprint density at radius 2 is 1.90 bits per heavy atom. The molecule has 0 aliphatic heterocycles. The third kappa shape index (κ3) is 2.20. The molecule has 156 valence electrons. The van der Waals surface area contributed by atoms with E-state index in [1.807, 2.05) is 12.3 Å². The Bertz CT molecular complexity index is 906. The Balaban J connectivity index is 1.60. The molecule has 1 aromatic heterocycles. The molecule has 3 heteroatoms. The Hall–Kier alpha value is -1.61. The first kappa shape index (κ1) is 19.4. The molecule has 0 amide bonds. The number of fused-ring (bicyclic) bond motifs is 5. The zero-order chi connectivity index (χ0) is 20.8. The lowest BCUT2D eigenvalue weighted by molar-refractivity contribution is -0.163. The molecule has 1 heterocycles. The number of hydrogen-bond donors (Lipinski definition) is 1. The molecule has 5 rings (SSSR count). The van der Waals surface area contributed by atoms with Crippen LogP contribution in [-0.4, -0.2) is 17.0 Å². The second kappa shape index (κ2) is 5.75. The predicted molar refractivity (Wildman–Crippen MR) is 113 cm³/mol. The number of carbonyl (C=O) groups excluding carboxylic acids is 1. The van der Waals surface area contributed by atoms with Gasteiger partial charge in [-0.3, -0.25) is 4.79 Å². The molecule has 3 nitrogen and oxygen atoms in total. The van der Waals surface area contributed by atoms with E-state index in [9.17, 15) is 9.90 Å². The van der Waals surface area contributed by atoms with Gasteiger partial charge < -0.3 is 9.52 Å². The van der Waals surface area contributed by atoms with Gasteiger partial charge in [-0.2, -0.15) is 0 Å². The van der Waals surface area contributed by atoms with E-state index in [-0.39, 0.29) is 27.9 Å². The fourth-order valence-corrected chi connectivity index (χ4v) is 8.25. The van der Waals surface area contributed by atoms with Gasteiger partial charge in [-0.15, -0.1) is 0 Å². The second-order valence-corrected chi connectivity index (χ2v) is 11.3. The standard InChI is InChI=1S/C26H34O3/c1-23(2)20-14-22(28)26(5)18-7-6-17(16-10-13-29-15-16)24(18,3)11-8-19(26)25(20,4)12-9-21(23)27/h7,9-10,12-13,15,17,19-20,22,28H,6,8,11,14H2,1-5H3/t17-,19?,20?,22+,24-,25+,26-/m0/s1. The van der Waals surface area contributed by atoms with E-state index in [1.54, 1.807) is 6.26 Å². The van der Waals surface area contributed by atoms with Crippen molar-refractivity contribution in [1.82, 2.24) is 0 Å². The Morgan fingerprint density at radius 3 is 2.59 bits per heavy atom. The lowest BCUT2D eigenvalue weighted by Gasteiger charge is -2.66. The average molecular weight is 395 g/mol. The summed E-state index contributed by atoms with van der Waals surface area (Å²) >= 11 is 0. The van der Waals surface area contributed by atoms with Crippen molar-refractivity contribution in [2.24, 2.45) is 33.5 Å². The van der Waals surface area contributed by atoms with Crippen molar-refractivity contribution < 1.29 is 14.3 Å². The van der Waals surface area contributed by atoms with Crippen LogP contribution in [0.4, 0.5) is 0 Å². The van der Waals surface area contributed by atoms with Gasteiger partial charge in [0, 0.05) is 10.8 Å². The Morgan fingerprint density at radius 1 is 1.14 bits per heavy atom. The molecule has 0 radical (unpaired) electrons. The molecular weight excluding hydrogens is 360 g/mol. The molecule has 7 atom stereocenters. The van der Waals surface area contributed by atoms with E-state index in [1.165, 1.54) is 11.1 Å². The minimum atomic E-state index is -0.421. The maximum absolute atomic E-state index is 12.7. The maximum Gasteiger partial charge on any atom is 0.161 e. The normalized spacial score (nSPS) is 47.9. The van der Waals surface area contributed by atoms with Gasteiger partial charge >= 0.3 is 0 Å². The molecular formula is C26H34O3. The molecule has 29 heavy (non-hydrogen) atoms. The number of ketones is 1. The summed E-state index contributed by atoms with van der Waals surface area (Å²) in [7, 11) is 0. The minimum absolute atomic E-state index is 0.0585. The first-order chi connectivity index (χ1) is 13.6. The van der Waals surface area contributed by atoms with Gasteiger partial charge in [-0.05, 0) is 72.0 Å². The molecule has 0 spiro atoms. The van der Waals surface area contributed by atoms with Crippen LogP contribution in [0.2, 0.25) is 0 Å². The van der Waals surface area contributed by atoms with Crippen LogP contribution >= 0.6 is 0 Å². The molecule has 0 aromatic carbocycles. The molecule has 2 fully saturated rings. The Kier molecular flexibility index (Phi) is 3.84. The SMILES string of the molecule is CC1(C)C(=O)C=C[C@@]2(C)C1C[C@@H](O)[C@@]1(C)C3=CC[C@@H](c4ccoc4)[C@]3(C)CCC21. The minimum Gasteiger partial charge on any atom is -0.472 e. The maximum atomic E-state index is 12.7. The van der Waals surface area contributed by atoms with E-state index in [0.717, 1.165) is 19.3 Å². The quantitative estimate of drug-likeness (QED) is 0.625. The van der Waals surface area contributed by atoms with Crippen LogP contribution < -0.4 is 0 Å². The van der Waals surface area contributed by atoms with E-state index in [4.69, 9.17) is 4.42 Å². The first-order valence-electron chi connectivity index (χ1n) is 11.2. The third-order valence-corrected chi connectivity index (χ3v) is 9.90. The average Bonchev–Trinajstić information content (AvgIpc) is 3.29. The molecule has 2 unspecified atom stereocenters. The van der Waals surface area contributed by atoms with Crippen LogP contribution in [0, 0.1) is 33.5 Å². The summed E-state index contributed by atoms with van der Waals surface area (Å²) in [5.41, 5.74) is 2.04. The summed E-state index contributed by atoms with van der Waals surface area (Å²) in [6.45, 7) is 11.2. The summed E-state index contributed by atoms with van der Waals surface area (Å²) in [5, 5.41) is 11.6. The fraction of sp³-hybridized carbons (Fsp3) is 0.654. The third-order valence-electron chi connectivity index (χ3n) is 9.90. The number of allylic oxidation sites excluding steroid dienone is 3. The van der Waals surface area contributed by atoms with E-state index in [0.29, 0.717) is 18.3 Å². The topological polar surface area (TPSA) is 50.4 Å². The van der Waals surface area contributed by atoms with Crippen LogP contribution in [0.1, 0.15) is 71.8 Å². The van der Waals surface area contributed by atoms with Crippen LogP contribution in [0.15, 0.2) is 46.8 Å².